The van der Waals surface area contributed by atoms with E-state index in [9.17, 15) is 13.2 Å². The van der Waals surface area contributed by atoms with Crippen molar-refractivity contribution in [3.8, 4) is 0 Å². The average molecular weight is 474 g/mol. The highest BCUT2D eigenvalue weighted by molar-refractivity contribution is 7.88. The lowest BCUT2D eigenvalue weighted by Crippen LogP contribution is -2.52. The van der Waals surface area contributed by atoms with Gasteiger partial charge in [-0.3, -0.25) is 4.79 Å². The Morgan fingerprint density at radius 3 is 2.33 bits per heavy atom. The standard InChI is InChI=1S/C22H31N7O3S/c1-16-4-7-23-19(14-16)26-20-15-21(25-17(2)24-20)27-10-12-28(13-11-27)22(30)18-5-8-29(9-6-18)33(3,31)32/h4,7,14-15,18H,5-6,8-13H2,1-3H3,(H,23,24,25,26). The normalized spacial score (nSPS) is 18.4. The Bertz CT molecular complexity index is 1110. The number of nitrogens with zero attached hydrogens (tertiary/aromatic N) is 6. The molecule has 2 aromatic rings. The molecule has 0 radical (unpaired) electrons. The minimum Gasteiger partial charge on any atom is -0.353 e. The number of carbonyl (C=O) groups is 1. The number of hydrogen-bond donors (Lipinski definition) is 1. The first kappa shape index (κ1) is 23.4. The van der Waals surface area contributed by atoms with Crippen molar-refractivity contribution in [1.82, 2.24) is 24.2 Å². The van der Waals surface area contributed by atoms with Crippen LogP contribution in [-0.2, 0) is 14.8 Å². The summed E-state index contributed by atoms with van der Waals surface area (Å²) in [6, 6.07) is 5.81. The van der Waals surface area contributed by atoms with E-state index in [1.165, 1.54) is 10.6 Å². The van der Waals surface area contributed by atoms with E-state index in [-0.39, 0.29) is 11.8 Å². The van der Waals surface area contributed by atoms with Gasteiger partial charge in [0, 0.05) is 57.4 Å². The summed E-state index contributed by atoms with van der Waals surface area (Å²) >= 11 is 0. The molecule has 0 bridgehead atoms. The van der Waals surface area contributed by atoms with Crippen LogP contribution < -0.4 is 10.2 Å². The van der Waals surface area contributed by atoms with Crippen molar-refractivity contribution in [3.05, 3.63) is 35.8 Å². The quantitative estimate of drug-likeness (QED) is 0.696. The first-order valence-electron chi connectivity index (χ1n) is 11.2. The average Bonchev–Trinajstić information content (AvgIpc) is 2.78. The molecule has 2 aliphatic heterocycles. The predicted octanol–water partition coefficient (Wildman–Crippen LogP) is 1.55. The molecule has 1 N–H and O–H groups in total. The molecule has 33 heavy (non-hydrogen) atoms. The lowest BCUT2D eigenvalue weighted by molar-refractivity contribution is -0.137. The van der Waals surface area contributed by atoms with Gasteiger partial charge in [0.25, 0.3) is 0 Å². The fourth-order valence-corrected chi connectivity index (χ4v) is 5.24. The zero-order valence-electron chi connectivity index (χ0n) is 19.4. The molecule has 11 heteroatoms. The molecule has 0 atom stereocenters. The third kappa shape index (κ3) is 5.77. The second kappa shape index (κ2) is 9.60. The van der Waals surface area contributed by atoms with Gasteiger partial charge < -0.3 is 15.1 Å². The van der Waals surface area contributed by atoms with Crippen molar-refractivity contribution in [2.24, 2.45) is 5.92 Å². The molecule has 4 heterocycles. The number of anilines is 3. The van der Waals surface area contributed by atoms with Gasteiger partial charge in [-0.15, -0.1) is 0 Å². The Balaban J connectivity index is 1.35. The Kier molecular flexibility index (Phi) is 6.80. The zero-order chi connectivity index (χ0) is 23.6. The second-order valence-corrected chi connectivity index (χ2v) is 10.7. The van der Waals surface area contributed by atoms with Gasteiger partial charge in [-0.25, -0.2) is 27.7 Å². The van der Waals surface area contributed by atoms with Crippen molar-refractivity contribution >= 4 is 33.4 Å². The second-order valence-electron chi connectivity index (χ2n) is 8.75. The SMILES string of the molecule is Cc1ccnc(Nc2cc(N3CCN(C(=O)C4CCN(S(C)(=O)=O)CC4)CC3)nc(C)n2)c1. The van der Waals surface area contributed by atoms with Crippen LogP contribution in [0.25, 0.3) is 0 Å². The highest BCUT2D eigenvalue weighted by Gasteiger charge is 2.32. The van der Waals surface area contributed by atoms with Gasteiger partial charge in [0.05, 0.1) is 6.26 Å². The summed E-state index contributed by atoms with van der Waals surface area (Å²) in [7, 11) is -3.19. The van der Waals surface area contributed by atoms with E-state index in [1.807, 2.05) is 36.9 Å². The molecule has 1 amide bonds. The van der Waals surface area contributed by atoms with E-state index >= 15 is 0 Å². The molecule has 2 aliphatic rings. The summed E-state index contributed by atoms with van der Waals surface area (Å²) in [4.78, 5) is 30.5. The highest BCUT2D eigenvalue weighted by atomic mass is 32.2. The number of sulfonamides is 1. The van der Waals surface area contributed by atoms with Gasteiger partial charge in [-0.05, 0) is 44.4 Å². The van der Waals surface area contributed by atoms with E-state index in [1.54, 1.807) is 6.20 Å². The van der Waals surface area contributed by atoms with Crippen molar-refractivity contribution < 1.29 is 13.2 Å². The molecule has 2 aromatic heterocycles. The van der Waals surface area contributed by atoms with Crippen molar-refractivity contribution in [3.63, 3.8) is 0 Å². The van der Waals surface area contributed by atoms with Crippen LogP contribution in [0.2, 0.25) is 0 Å². The van der Waals surface area contributed by atoms with Crippen LogP contribution in [0.5, 0.6) is 0 Å². The summed E-state index contributed by atoms with van der Waals surface area (Å²) in [5.41, 5.74) is 1.11. The smallest absolute Gasteiger partial charge is 0.225 e. The van der Waals surface area contributed by atoms with E-state index in [4.69, 9.17) is 0 Å². The van der Waals surface area contributed by atoms with Crippen molar-refractivity contribution in [1.29, 1.82) is 0 Å². The number of hydrogen-bond acceptors (Lipinski definition) is 8. The number of piperazine rings is 1. The van der Waals surface area contributed by atoms with Crippen LogP contribution in [0.3, 0.4) is 0 Å². The van der Waals surface area contributed by atoms with Gasteiger partial charge in [-0.1, -0.05) is 0 Å². The molecule has 2 fully saturated rings. The summed E-state index contributed by atoms with van der Waals surface area (Å²) in [6.07, 6.45) is 4.15. The fourth-order valence-electron chi connectivity index (χ4n) is 4.36. The van der Waals surface area contributed by atoms with Gasteiger partial charge in [0.15, 0.2) is 0 Å². The molecule has 178 valence electrons. The zero-order valence-corrected chi connectivity index (χ0v) is 20.2. The van der Waals surface area contributed by atoms with Crippen LogP contribution in [0.1, 0.15) is 24.2 Å². The Labute approximate surface area is 195 Å². The Morgan fingerprint density at radius 2 is 1.70 bits per heavy atom. The Morgan fingerprint density at radius 1 is 1.00 bits per heavy atom. The number of aryl methyl sites for hydroxylation is 2. The van der Waals surface area contributed by atoms with E-state index in [0.29, 0.717) is 63.8 Å². The predicted molar refractivity (Wildman–Crippen MR) is 127 cm³/mol. The molecular formula is C22H31N7O3S. The van der Waals surface area contributed by atoms with Gasteiger partial charge in [0.2, 0.25) is 15.9 Å². The van der Waals surface area contributed by atoms with E-state index < -0.39 is 10.0 Å². The molecule has 0 unspecified atom stereocenters. The lowest BCUT2D eigenvalue weighted by atomic mass is 9.96. The Hall–Kier alpha value is -2.79. The topological polar surface area (TPSA) is 112 Å². The lowest BCUT2D eigenvalue weighted by Gasteiger charge is -2.38. The van der Waals surface area contributed by atoms with Crippen LogP contribution in [0.15, 0.2) is 24.4 Å². The number of carbonyl (C=O) groups excluding carboxylic acids is 1. The molecule has 0 spiro atoms. The largest absolute Gasteiger partial charge is 0.353 e. The van der Waals surface area contributed by atoms with Gasteiger partial charge in [0.1, 0.15) is 23.3 Å². The highest BCUT2D eigenvalue weighted by Crippen LogP contribution is 2.24. The molecule has 10 nitrogen and oxygen atoms in total. The first-order chi connectivity index (χ1) is 15.7. The molecule has 4 rings (SSSR count). The number of rotatable bonds is 5. The number of nitrogens with one attached hydrogen (secondary N) is 1. The molecule has 0 aromatic carbocycles. The molecule has 2 saturated heterocycles. The minimum atomic E-state index is -3.19. The van der Waals surface area contributed by atoms with Gasteiger partial charge >= 0.3 is 0 Å². The first-order valence-corrected chi connectivity index (χ1v) is 13.1. The summed E-state index contributed by atoms with van der Waals surface area (Å²) < 4.78 is 24.9. The maximum atomic E-state index is 13.0. The minimum absolute atomic E-state index is 0.103. The third-order valence-corrected chi connectivity index (χ3v) is 7.49. The maximum Gasteiger partial charge on any atom is 0.225 e. The number of amides is 1. The van der Waals surface area contributed by atoms with Crippen molar-refractivity contribution in [2.45, 2.75) is 26.7 Å². The monoisotopic (exact) mass is 473 g/mol. The van der Waals surface area contributed by atoms with Gasteiger partial charge in [-0.2, -0.15) is 0 Å². The molecular weight excluding hydrogens is 442 g/mol. The van der Waals surface area contributed by atoms with Crippen LogP contribution >= 0.6 is 0 Å². The summed E-state index contributed by atoms with van der Waals surface area (Å²) in [5, 5.41) is 3.25. The third-order valence-electron chi connectivity index (χ3n) is 6.18. The van der Waals surface area contributed by atoms with Crippen LogP contribution in [0, 0.1) is 19.8 Å². The maximum absolute atomic E-state index is 13.0. The van der Waals surface area contributed by atoms with Crippen LogP contribution in [0.4, 0.5) is 17.5 Å². The summed E-state index contributed by atoms with van der Waals surface area (Å²) in [6.45, 7) is 7.33. The van der Waals surface area contributed by atoms with E-state index in [0.717, 1.165) is 17.2 Å². The fraction of sp³-hybridized carbons (Fsp3) is 0.545. The number of piperidine rings is 1. The molecule has 0 saturated carbocycles. The number of aromatic nitrogens is 3. The van der Waals surface area contributed by atoms with Crippen molar-refractivity contribution in [2.75, 3.05) is 55.7 Å². The number of pyridine rings is 1. The van der Waals surface area contributed by atoms with Crippen LogP contribution in [-0.4, -0.2) is 84.0 Å². The van der Waals surface area contributed by atoms with E-state index in [2.05, 4.69) is 25.2 Å². The molecule has 0 aliphatic carbocycles. The summed E-state index contributed by atoms with van der Waals surface area (Å²) in [5.74, 6) is 2.94.